The average Bonchev–Trinajstić information content (AvgIpc) is 2.85. The van der Waals surface area contributed by atoms with Crippen LogP contribution in [0, 0.1) is 6.92 Å². The number of fused-ring (bicyclic) bond motifs is 1. The standard InChI is InChI=1S/C18H26N2S/c1-4-20-11-7-8-15(12-20)19-14(3)18-13(2)16-9-5-6-10-17(16)21-18/h5-6,9-10,14-15,19H,4,7-8,11-12H2,1-3H3. The maximum atomic E-state index is 3.87. The molecule has 1 aromatic carbocycles. The molecule has 1 saturated heterocycles. The molecule has 2 nitrogen and oxygen atoms in total. The highest BCUT2D eigenvalue weighted by Crippen LogP contribution is 2.34. The normalized spacial score (nSPS) is 21.8. The van der Waals surface area contributed by atoms with E-state index in [2.05, 4.69) is 55.3 Å². The Morgan fingerprint density at radius 3 is 2.95 bits per heavy atom. The summed E-state index contributed by atoms with van der Waals surface area (Å²) in [5, 5.41) is 5.29. The Morgan fingerprint density at radius 1 is 1.38 bits per heavy atom. The minimum atomic E-state index is 0.448. The quantitative estimate of drug-likeness (QED) is 0.903. The van der Waals surface area contributed by atoms with Gasteiger partial charge in [-0.25, -0.2) is 0 Å². The summed E-state index contributed by atoms with van der Waals surface area (Å²) >= 11 is 1.95. The van der Waals surface area contributed by atoms with Gasteiger partial charge in [-0.2, -0.15) is 0 Å². The molecule has 2 heterocycles. The molecule has 3 heteroatoms. The molecule has 0 aliphatic carbocycles. The Balaban J connectivity index is 1.74. The van der Waals surface area contributed by atoms with Gasteiger partial charge in [0.15, 0.2) is 0 Å². The van der Waals surface area contributed by atoms with E-state index in [1.165, 1.54) is 53.0 Å². The van der Waals surface area contributed by atoms with Crippen LogP contribution in [-0.4, -0.2) is 30.6 Å². The fraction of sp³-hybridized carbons (Fsp3) is 0.556. The van der Waals surface area contributed by atoms with Crippen molar-refractivity contribution in [2.45, 2.75) is 45.7 Å². The van der Waals surface area contributed by atoms with E-state index >= 15 is 0 Å². The number of thiophene rings is 1. The highest BCUT2D eigenvalue weighted by molar-refractivity contribution is 7.19. The lowest BCUT2D eigenvalue weighted by molar-refractivity contribution is 0.192. The number of likely N-dealkylation sites (tertiary alicyclic amines) is 1. The molecule has 0 radical (unpaired) electrons. The van der Waals surface area contributed by atoms with Gasteiger partial charge in [-0.3, -0.25) is 0 Å². The molecule has 2 aromatic rings. The Hall–Kier alpha value is -0.900. The molecule has 1 aliphatic heterocycles. The van der Waals surface area contributed by atoms with E-state index < -0.39 is 0 Å². The van der Waals surface area contributed by atoms with Crippen molar-refractivity contribution in [1.29, 1.82) is 0 Å². The lowest BCUT2D eigenvalue weighted by atomic mass is 10.0. The summed E-state index contributed by atoms with van der Waals surface area (Å²) in [6, 6.07) is 9.85. The minimum absolute atomic E-state index is 0.448. The molecule has 3 rings (SSSR count). The van der Waals surface area contributed by atoms with Crippen LogP contribution in [0.2, 0.25) is 0 Å². The number of rotatable bonds is 4. The van der Waals surface area contributed by atoms with Crippen LogP contribution in [0.5, 0.6) is 0 Å². The third kappa shape index (κ3) is 3.15. The molecule has 21 heavy (non-hydrogen) atoms. The van der Waals surface area contributed by atoms with Gasteiger partial charge in [-0.1, -0.05) is 25.1 Å². The molecule has 0 bridgehead atoms. The Morgan fingerprint density at radius 2 is 2.19 bits per heavy atom. The van der Waals surface area contributed by atoms with Gasteiger partial charge in [-0.05, 0) is 56.8 Å². The van der Waals surface area contributed by atoms with E-state index in [4.69, 9.17) is 0 Å². The summed E-state index contributed by atoms with van der Waals surface area (Å²) < 4.78 is 1.41. The summed E-state index contributed by atoms with van der Waals surface area (Å²) in [6.07, 6.45) is 2.63. The number of hydrogen-bond acceptors (Lipinski definition) is 3. The van der Waals surface area contributed by atoms with Crippen molar-refractivity contribution in [2.24, 2.45) is 0 Å². The van der Waals surface area contributed by atoms with Crippen LogP contribution >= 0.6 is 11.3 Å². The number of hydrogen-bond donors (Lipinski definition) is 1. The molecule has 1 aromatic heterocycles. The Bertz CT molecular complexity index is 604. The molecule has 1 N–H and O–H groups in total. The molecule has 114 valence electrons. The van der Waals surface area contributed by atoms with Crippen LogP contribution in [0.1, 0.15) is 43.2 Å². The van der Waals surface area contributed by atoms with Gasteiger partial charge in [-0.15, -0.1) is 11.3 Å². The lowest BCUT2D eigenvalue weighted by Gasteiger charge is -2.34. The molecule has 0 amide bonds. The topological polar surface area (TPSA) is 15.3 Å². The molecule has 0 saturated carbocycles. The number of likely N-dealkylation sites (N-methyl/N-ethyl adjacent to an activating group) is 1. The predicted octanol–water partition coefficient (Wildman–Crippen LogP) is 4.34. The molecular formula is C18H26N2S. The highest BCUT2D eigenvalue weighted by Gasteiger charge is 2.22. The molecule has 1 aliphatic rings. The fourth-order valence-corrected chi connectivity index (χ4v) is 4.74. The summed E-state index contributed by atoms with van der Waals surface area (Å²) in [5.41, 5.74) is 1.46. The maximum absolute atomic E-state index is 3.87. The van der Waals surface area contributed by atoms with Crippen LogP contribution in [0.3, 0.4) is 0 Å². The first-order valence-electron chi connectivity index (χ1n) is 8.15. The zero-order valence-corrected chi connectivity index (χ0v) is 14.2. The van der Waals surface area contributed by atoms with Gasteiger partial charge in [0, 0.05) is 28.2 Å². The number of benzene rings is 1. The van der Waals surface area contributed by atoms with Crippen LogP contribution in [0.25, 0.3) is 10.1 Å². The Kier molecular flexibility index (Phi) is 4.63. The summed E-state index contributed by atoms with van der Waals surface area (Å²) in [6.45, 7) is 10.5. The van der Waals surface area contributed by atoms with E-state index in [0.29, 0.717) is 12.1 Å². The Labute approximate surface area is 132 Å². The highest BCUT2D eigenvalue weighted by atomic mass is 32.1. The first kappa shape index (κ1) is 15.0. The van der Waals surface area contributed by atoms with Gasteiger partial charge in [0.1, 0.15) is 0 Å². The maximum Gasteiger partial charge on any atom is 0.0391 e. The number of aryl methyl sites for hydroxylation is 1. The van der Waals surface area contributed by atoms with E-state index in [1.54, 1.807) is 0 Å². The van der Waals surface area contributed by atoms with Gasteiger partial charge in [0.05, 0.1) is 0 Å². The van der Waals surface area contributed by atoms with Gasteiger partial charge in [0.25, 0.3) is 0 Å². The monoisotopic (exact) mass is 302 g/mol. The second-order valence-corrected chi connectivity index (χ2v) is 7.29. The largest absolute Gasteiger partial charge is 0.305 e. The van der Waals surface area contributed by atoms with Crippen molar-refractivity contribution in [3.63, 3.8) is 0 Å². The predicted molar refractivity (Wildman–Crippen MR) is 93.2 cm³/mol. The van der Waals surface area contributed by atoms with E-state index in [1.807, 2.05) is 11.3 Å². The van der Waals surface area contributed by atoms with E-state index in [9.17, 15) is 0 Å². The zero-order chi connectivity index (χ0) is 14.8. The molecule has 0 spiro atoms. The number of piperidine rings is 1. The van der Waals surface area contributed by atoms with Crippen molar-refractivity contribution in [2.75, 3.05) is 19.6 Å². The first-order chi connectivity index (χ1) is 10.2. The van der Waals surface area contributed by atoms with Crippen LogP contribution in [-0.2, 0) is 0 Å². The minimum Gasteiger partial charge on any atom is -0.305 e. The zero-order valence-electron chi connectivity index (χ0n) is 13.4. The molecule has 2 unspecified atom stereocenters. The van der Waals surface area contributed by atoms with Crippen molar-refractivity contribution < 1.29 is 0 Å². The first-order valence-corrected chi connectivity index (χ1v) is 8.97. The fourth-order valence-electron chi connectivity index (χ4n) is 3.51. The van der Waals surface area contributed by atoms with Crippen molar-refractivity contribution in [1.82, 2.24) is 10.2 Å². The summed E-state index contributed by atoms with van der Waals surface area (Å²) in [5.74, 6) is 0. The lowest BCUT2D eigenvalue weighted by Crippen LogP contribution is -2.46. The van der Waals surface area contributed by atoms with E-state index in [-0.39, 0.29) is 0 Å². The molecule has 2 atom stereocenters. The van der Waals surface area contributed by atoms with Crippen molar-refractivity contribution in [3.8, 4) is 0 Å². The third-order valence-electron chi connectivity index (χ3n) is 4.71. The summed E-state index contributed by atoms with van der Waals surface area (Å²) in [4.78, 5) is 4.07. The van der Waals surface area contributed by atoms with Gasteiger partial charge >= 0.3 is 0 Å². The number of nitrogens with zero attached hydrogens (tertiary/aromatic N) is 1. The summed E-state index contributed by atoms with van der Waals surface area (Å²) in [7, 11) is 0. The number of nitrogens with one attached hydrogen (secondary N) is 1. The van der Waals surface area contributed by atoms with Crippen LogP contribution in [0.15, 0.2) is 24.3 Å². The second kappa shape index (κ2) is 6.47. The molecule has 1 fully saturated rings. The van der Waals surface area contributed by atoms with Crippen LogP contribution < -0.4 is 5.32 Å². The van der Waals surface area contributed by atoms with E-state index in [0.717, 1.165) is 0 Å². The second-order valence-electron chi connectivity index (χ2n) is 6.21. The van der Waals surface area contributed by atoms with Gasteiger partial charge in [0.2, 0.25) is 0 Å². The smallest absolute Gasteiger partial charge is 0.0391 e. The third-order valence-corrected chi connectivity index (χ3v) is 6.17. The van der Waals surface area contributed by atoms with Gasteiger partial charge < -0.3 is 10.2 Å². The van der Waals surface area contributed by atoms with Crippen LogP contribution in [0.4, 0.5) is 0 Å². The molecular weight excluding hydrogens is 276 g/mol. The van der Waals surface area contributed by atoms with Crippen molar-refractivity contribution in [3.05, 3.63) is 34.7 Å². The average molecular weight is 302 g/mol. The van der Waals surface area contributed by atoms with Crippen molar-refractivity contribution >= 4 is 21.4 Å². The SMILES string of the molecule is CCN1CCCC(NC(C)c2sc3ccccc3c2C)C1.